The van der Waals surface area contributed by atoms with Crippen molar-refractivity contribution in [1.29, 1.82) is 0 Å². The Hall–Kier alpha value is -2.94. The minimum atomic E-state index is -1.63. The van der Waals surface area contributed by atoms with Gasteiger partial charge in [0.05, 0.1) is 0 Å². The van der Waals surface area contributed by atoms with Crippen LogP contribution in [0.15, 0.2) is 182 Å². The van der Waals surface area contributed by atoms with Crippen molar-refractivity contribution in [2.45, 2.75) is 0 Å². The fourth-order valence-corrected chi connectivity index (χ4v) is 15.4. The van der Waals surface area contributed by atoms with Gasteiger partial charge in [0.15, 0.2) is 0 Å². The first-order chi connectivity index (χ1) is 20.3. The molecule has 0 aliphatic heterocycles. The summed E-state index contributed by atoms with van der Waals surface area (Å²) in [5.41, 5.74) is 0. The van der Waals surface area contributed by atoms with E-state index in [1.165, 1.54) is 54.5 Å². The summed E-state index contributed by atoms with van der Waals surface area (Å²) in [4.78, 5) is 0. The van der Waals surface area contributed by atoms with Crippen molar-refractivity contribution in [3.8, 4) is 0 Å². The van der Waals surface area contributed by atoms with Gasteiger partial charge in [0.1, 0.15) is 0 Å². The molecule has 0 atom stereocenters. The van der Waals surface area contributed by atoms with Gasteiger partial charge in [-0.3, -0.25) is 0 Å². The summed E-state index contributed by atoms with van der Waals surface area (Å²) < 4.78 is 9.00. The predicted octanol–water partition coefficient (Wildman–Crippen LogP) is 1.66. The maximum atomic E-state index is 2.27. The Morgan fingerprint density at radius 2 is 0.390 bits per heavy atom. The van der Waals surface area contributed by atoms with E-state index in [1.54, 1.807) is 0 Å². The second kappa shape index (κ2) is 17.8. The molecule has 6 rings (SSSR count). The summed E-state index contributed by atoms with van der Waals surface area (Å²) in [5, 5.41) is 0. The Morgan fingerprint density at radius 1 is 0.268 bits per heavy atom. The maximum absolute atomic E-state index is 2.27. The molecule has 0 bridgehead atoms. The molecule has 200 valence electrons. The standard InChI is InChI=1S/2C18H15Ge.H6Si3/c2*1-4-10-16(11-5-1)19(17-12-6-2-7-13-17)18-14-8-3-9-15-18;1-3-2/h2*1-15H;1-2H3. The van der Waals surface area contributed by atoms with Crippen LogP contribution < -0.4 is 26.4 Å². The van der Waals surface area contributed by atoms with Gasteiger partial charge in [-0.15, -0.1) is 0 Å². The van der Waals surface area contributed by atoms with Gasteiger partial charge in [0.25, 0.3) is 0 Å². The van der Waals surface area contributed by atoms with Crippen LogP contribution in [-0.2, 0) is 0 Å². The monoisotopic (exact) mass is 700 g/mol. The molecule has 0 unspecified atom stereocenters. The first-order valence-electron chi connectivity index (χ1n) is 14.0. The molecule has 0 saturated heterocycles. The molecule has 0 aliphatic rings. The molecule has 0 heterocycles. The second-order valence-corrected chi connectivity index (χ2v) is 32.9. The average molecular weight is 698 g/mol. The Balaban J connectivity index is 0.000000173. The van der Waals surface area contributed by atoms with Crippen molar-refractivity contribution in [3.63, 3.8) is 0 Å². The first-order valence-corrected chi connectivity index (χ1v) is 28.3. The van der Waals surface area contributed by atoms with Gasteiger partial charge in [-0.1, -0.05) is 0 Å². The van der Waals surface area contributed by atoms with E-state index in [0.29, 0.717) is 0 Å². The van der Waals surface area contributed by atoms with Crippen LogP contribution in [0.2, 0.25) is 0 Å². The van der Waals surface area contributed by atoms with Crippen molar-refractivity contribution < 1.29 is 0 Å². The van der Waals surface area contributed by atoms with Gasteiger partial charge in [0, 0.05) is 0 Å². The van der Waals surface area contributed by atoms with E-state index >= 15 is 0 Å². The number of hydrogen-bond donors (Lipinski definition) is 0. The number of rotatable bonds is 6. The van der Waals surface area contributed by atoms with E-state index < -0.39 is 28.7 Å². The average Bonchev–Trinajstić information content (AvgIpc) is 3.05. The normalized spacial score (nSPS) is 10.4. The molecule has 6 aromatic rings. The minimum absolute atomic E-state index is 1.36. The van der Waals surface area contributed by atoms with Crippen LogP contribution in [0.3, 0.4) is 0 Å². The van der Waals surface area contributed by atoms with E-state index in [0.717, 1.165) is 0 Å². The summed E-state index contributed by atoms with van der Waals surface area (Å²) in [6.07, 6.45) is 0. The summed E-state index contributed by atoms with van der Waals surface area (Å²) in [6.45, 7) is 0. The van der Waals surface area contributed by atoms with Gasteiger partial charge < -0.3 is 0 Å². The zero-order chi connectivity index (χ0) is 28.5. The van der Waals surface area contributed by atoms with Gasteiger partial charge in [-0.2, -0.15) is 0 Å². The molecule has 5 heteroatoms. The molecular weight excluding hydrogens is 662 g/mol. The zero-order valence-corrected chi connectivity index (χ0v) is 33.0. The molecule has 41 heavy (non-hydrogen) atoms. The molecule has 0 N–H and O–H groups in total. The van der Waals surface area contributed by atoms with Crippen LogP contribution >= 0.6 is 0 Å². The van der Waals surface area contributed by atoms with Crippen molar-refractivity contribution in [1.82, 2.24) is 0 Å². The number of benzene rings is 6. The van der Waals surface area contributed by atoms with E-state index in [2.05, 4.69) is 182 Å². The van der Waals surface area contributed by atoms with Gasteiger partial charge in [-0.05, 0) is 28.1 Å². The third kappa shape index (κ3) is 9.55. The molecule has 0 amide bonds. The summed E-state index contributed by atoms with van der Waals surface area (Å²) in [5.74, 6) is 0. The van der Waals surface area contributed by atoms with E-state index in [1.807, 2.05) is 0 Å². The van der Waals surface area contributed by atoms with Gasteiger partial charge >= 0.3 is 237 Å². The Kier molecular flexibility index (Phi) is 13.4. The van der Waals surface area contributed by atoms with Crippen molar-refractivity contribution in [2.24, 2.45) is 0 Å². The molecular formula is C36H36Ge2Si3. The molecule has 6 aromatic carbocycles. The fraction of sp³-hybridized carbons (Fsp3) is 0. The zero-order valence-electron chi connectivity index (χ0n) is 23.8. The Morgan fingerprint density at radius 3 is 0.512 bits per heavy atom. The van der Waals surface area contributed by atoms with Crippen LogP contribution in [0, 0.1) is 0 Å². The van der Waals surface area contributed by atoms with Crippen molar-refractivity contribution in [3.05, 3.63) is 182 Å². The summed E-state index contributed by atoms with van der Waals surface area (Å²) >= 11 is -3.26. The van der Waals surface area contributed by atoms with Crippen LogP contribution in [0.5, 0.6) is 0 Å². The summed E-state index contributed by atoms with van der Waals surface area (Å²) in [6, 6.07) is 65.6. The molecule has 0 aromatic heterocycles. The van der Waals surface area contributed by atoms with Crippen molar-refractivity contribution >= 4 is 83.1 Å². The second-order valence-electron chi connectivity index (χ2n) is 9.45. The topological polar surface area (TPSA) is 0 Å². The quantitative estimate of drug-likeness (QED) is 0.233. The SMILES string of the molecule is [SiH3][Si][SiH3].c1cc[c]([Ge]([c]2ccccc2)[c]2ccccc2)cc1.c1cc[c]([Ge]([c]2ccccc2)[c]2ccccc2)cc1. The van der Waals surface area contributed by atoms with Gasteiger partial charge in [-0.25, -0.2) is 0 Å². The third-order valence-corrected chi connectivity index (χ3v) is 17.8. The predicted molar refractivity (Wildman–Crippen MR) is 194 cm³/mol. The number of hydrogen-bond acceptors (Lipinski definition) is 0. The van der Waals surface area contributed by atoms with E-state index in [-0.39, 0.29) is 0 Å². The van der Waals surface area contributed by atoms with E-state index in [9.17, 15) is 0 Å². The molecule has 0 saturated carbocycles. The fourth-order valence-electron chi connectivity index (χ4n) is 4.63. The Bertz CT molecular complexity index is 1200. The first kappa shape index (κ1) is 31.0. The molecule has 0 fully saturated rings. The van der Waals surface area contributed by atoms with Crippen LogP contribution in [0.1, 0.15) is 0 Å². The van der Waals surface area contributed by atoms with E-state index in [4.69, 9.17) is 0 Å². The Labute approximate surface area is 263 Å². The van der Waals surface area contributed by atoms with Crippen LogP contribution in [0.4, 0.5) is 0 Å². The van der Waals surface area contributed by atoms with Crippen LogP contribution in [-0.4, -0.2) is 56.8 Å². The van der Waals surface area contributed by atoms with Crippen molar-refractivity contribution in [2.75, 3.05) is 0 Å². The van der Waals surface area contributed by atoms with Crippen LogP contribution in [0.25, 0.3) is 0 Å². The molecule has 0 nitrogen and oxygen atoms in total. The third-order valence-electron chi connectivity index (χ3n) is 6.37. The molecule has 4 radical (unpaired) electrons. The van der Waals surface area contributed by atoms with Gasteiger partial charge in [0.2, 0.25) is 0 Å². The molecule has 0 aliphatic carbocycles. The molecule has 0 spiro atoms. The summed E-state index contributed by atoms with van der Waals surface area (Å²) in [7, 11) is 4.28.